The van der Waals surface area contributed by atoms with Gasteiger partial charge in [0.05, 0.1) is 11.9 Å². The molecule has 2 aromatic carbocycles. The Bertz CT molecular complexity index is 1180. The number of ketones is 1. The zero-order chi connectivity index (χ0) is 27.0. The zero-order valence-corrected chi connectivity index (χ0v) is 22.9. The summed E-state index contributed by atoms with van der Waals surface area (Å²) in [7, 11) is -3.89. The van der Waals surface area contributed by atoms with Gasteiger partial charge in [-0.2, -0.15) is 0 Å². The number of benzene rings is 2. The molecule has 0 saturated carbocycles. The summed E-state index contributed by atoms with van der Waals surface area (Å²) in [5.41, 5.74) is 1.26. The van der Waals surface area contributed by atoms with E-state index in [4.69, 9.17) is 11.6 Å². The van der Waals surface area contributed by atoms with E-state index in [1.165, 1.54) is 24.0 Å². The van der Waals surface area contributed by atoms with E-state index in [-0.39, 0.29) is 30.0 Å². The molecule has 10 heteroatoms. The number of amides is 2. The average molecular weight is 536 g/mol. The Labute approximate surface area is 218 Å². The molecule has 2 aromatic rings. The van der Waals surface area contributed by atoms with E-state index in [1.807, 2.05) is 13.8 Å². The normalized spacial score (nSPS) is 12.9. The van der Waals surface area contributed by atoms with Gasteiger partial charge in [-0.3, -0.25) is 18.7 Å². The van der Waals surface area contributed by atoms with Crippen molar-refractivity contribution in [1.29, 1.82) is 0 Å². The Morgan fingerprint density at radius 1 is 1.03 bits per heavy atom. The molecule has 0 bridgehead atoms. The first-order chi connectivity index (χ1) is 16.9. The maximum absolute atomic E-state index is 13.7. The standard InChI is InChI=1S/C26H34ClN3O5S/c1-6-18(3)28-26(33)24(7-2)29(16-20-11-13-22(27)14-12-20)25(32)17-30(36(5,34)35)23-10-8-9-21(15-23)19(4)31/h8-15,18,24H,6-7,16-17H2,1-5H3,(H,28,33). The third kappa shape index (κ3) is 8.06. The highest BCUT2D eigenvalue weighted by Gasteiger charge is 2.32. The minimum atomic E-state index is -3.89. The van der Waals surface area contributed by atoms with Crippen molar-refractivity contribution in [2.75, 3.05) is 17.1 Å². The molecular formula is C26H34ClN3O5S. The van der Waals surface area contributed by atoms with Gasteiger partial charge in [-0.15, -0.1) is 0 Å². The van der Waals surface area contributed by atoms with Gasteiger partial charge in [0, 0.05) is 23.2 Å². The fourth-order valence-electron chi connectivity index (χ4n) is 3.64. The van der Waals surface area contributed by atoms with Crippen LogP contribution in [-0.4, -0.2) is 55.8 Å². The second-order valence-corrected chi connectivity index (χ2v) is 11.1. The van der Waals surface area contributed by atoms with Gasteiger partial charge in [-0.25, -0.2) is 8.42 Å². The zero-order valence-electron chi connectivity index (χ0n) is 21.3. The Morgan fingerprint density at radius 3 is 2.19 bits per heavy atom. The van der Waals surface area contributed by atoms with E-state index in [2.05, 4.69) is 5.32 Å². The highest BCUT2D eigenvalue weighted by atomic mass is 35.5. The molecule has 2 unspecified atom stereocenters. The average Bonchev–Trinajstić information content (AvgIpc) is 2.82. The quantitative estimate of drug-likeness (QED) is 0.413. The van der Waals surface area contributed by atoms with Crippen LogP contribution in [0.3, 0.4) is 0 Å². The summed E-state index contributed by atoms with van der Waals surface area (Å²) >= 11 is 6.00. The maximum Gasteiger partial charge on any atom is 0.244 e. The van der Waals surface area contributed by atoms with Crippen molar-refractivity contribution in [2.24, 2.45) is 0 Å². The van der Waals surface area contributed by atoms with Crippen molar-refractivity contribution < 1.29 is 22.8 Å². The van der Waals surface area contributed by atoms with Crippen LogP contribution in [0.1, 0.15) is 56.5 Å². The van der Waals surface area contributed by atoms with Crippen molar-refractivity contribution in [3.05, 3.63) is 64.7 Å². The molecule has 0 aliphatic carbocycles. The fraction of sp³-hybridized carbons (Fsp3) is 0.423. The number of anilines is 1. The summed E-state index contributed by atoms with van der Waals surface area (Å²) in [6.07, 6.45) is 2.05. The number of hydrogen-bond acceptors (Lipinski definition) is 5. The third-order valence-corrected chi connectivity index (χ3v) is 7.27. The summed E-state index contributed by atoms with van der Waals surface area (Å²) in [6.45, 7) is 6.57. The van der Waals surface area contributed by atoms with Gasteiger partial charge in [0.15, 0.2) is 5.78 Å². The van der Waals surface area contributed by atoms with E-state index >= 15 is 0 Å². The predicted octanol–water partition coefficient (Wildman–Crippen LogP) is 4.03. The fourth-order valence-corrected chi connectivity index (χ4v) is 4.61. The number of hydrogen-bond donors (Lipinski definition) is 1. The number of nitrogens with zero attached hydrogens (tertiary/aromatic N) is 2. The lowest BCUT2D eigenvalue weighted by molar-refractivity contribution is -0.140. The summed E-state index contributed by atoms with van der Waals surface area (Å²) in [5, 5.41) is 3.46. The maximum atomic E-state index is 13.7. The Hall–Kier alpha value is -2.91. The number of sulfonamides is 1. The molecular weight excluding hydrogens is 502 g/mol. The SMILES string of the molecule is CCC(C)NC(=O)C(CC)N(Cc1ccc(Cl)cc1)C(=O)CN(c1cccc(C(C)=O)c1)S(C)(=O)=O. The first-order valence-corrected chi connectivity index (χ1v) is 14.0. The van der Waals surface area contributed by atoms with Gasteiger partial charge in [0.25, 0.3) is 0 Å². The minimum Gasteiger partial charge on any atom is -0.352 e. The van der Waals surface area contributed by atoms with Crippen molar-refractivity contribution in [3.63, 3.8) is 0 Å². The van der Waals surface area contributed by atoms with Crippen LogP contribution in [0.25, 0.3) is 0 Å². The molecule has 0 aliphatic heterocycles. The summed E-state index contributed by atoms with van der Waals surface area (Å²) in [6, 6.07) is 12.1. The number of halogens is 1. The van der Waals surface area contributed by atoms with Crippen LogP contribution < -0.4 is 9.62 Å². The van der Waals surface area contributed by atoms with Gasteiger partial charge < -0.3 is 10.2 Å². The highest BCUT2D eigenvalue weighted by Crippen LogP contribution is 2.22. The number of carbonyl (C=O) groups is 3. The molecule has 0 spiro atoms. The summed E-state index contributed by atoms with van der Waals surface area (Å²) < 4.78 is 26.4. The Balaban J connectivity index is 2.47. The largest absolute Gasteiger partial charge is 0.352 e. The predicted molar refractivity (Wildman–Crippen MR) is 143 cm³/mol. The Kier molecular flexibility index (Phi) is 10.5. The minimum absolute atomic E-state index is 0.0825. The first kappa shape index (κ1) is 29.3. The highest BCUT2D eigenvalue weighted by molar-refractivity contribution is 7.92. The third-order valence-electron chi connectivity index (χ3n) is 5.87. The van der Waals surface area contributed by atoms with Crippen LogP contribution in [0.5, 0.6) is 0 Å². The lowest BCUT2D eigenvalue weighted by atomic mass is 10.1. The van der Waals surface area contributed by atoms with Gasteiger partial charge in [-0.05, 0) is 56.5 Å². The lowest BCUT2D eigenvalue weighted by Crippen LogP contribution is -2.53. The molecule has 2 rings (SSSR count). The first-order valence-electron chi connectivity index (χ1n) is 11.8. The van der Waals surface area contributed by atoms with Crippen LogP contribution in [0.2, 0.25) is 5.02 Å². The number of Topliss-reactive ketones (excluding diaryl/α,β-unsaturated/α-hetero) is 1. The van der Waals surface area contributed by atoms with E-state index in [1.54, 1.807) is 43.3 Å². The molecule has 8 nitrogen and oxygen atoms in total. The van der Waals surface area contributed by atoms with Crippen molar-refractivity contribution in [3.8, 4) is 0 Å². The van der Waals surface area contributed by atoms with Crippen LogP contribution >= 0.6 is 11.6 Å². The number of nitrogens with one attached hydrogen (secondary N) is 1. The van der Waals surface area contributed by atoms with Crippen LogP contribution in [0.4, 0.5) is 5.69 Å². The smallest absolute Gasteiger partial charge is 0.244 e. The molecule has 36 heavy (non-hydrogen) atoms. The molecule has 0 heterocycles. The van der Waals surface area contributed by atoms with E-state index in [9.17, 15) is 22.8 Å². The number of rotatable bonds is 12. The van der Waals surface area contributed by atoms with Crippen molar-refractivity contribution >= 4 is 44.9 Å². The number of carbonyl (C=O) groups excluding carboxylic acids is 3. The van der Waals surface area contributed by atoms with Crippen LogP contribution in [0, 0.1) is 0 Å². The summed E-state index contributed by atoms with van der Waals surface area (Å²) in [4.78, 5) is 40.0. The molecule has 0 aromatic heterocycles. The molecule has 0 radical (unpaired) electrons. The van der Waals surface area contributed by atoms with Gasteiger partial charge in [0.1, 0.15) is 12.6 Å². The molecule has 0 fully saturated rings. The van der Waals surface area contributed by atoms with E-state index < -0.39 is 28.5 Å². The molecule has 2 amide bonds. The molecule has 2 atom stereocenters. The monoisotopic (exact) mass is 535 g/mol. The van der Waals surface area contributed by atoms with Crippen LogP contribution in [0.15, 0.2) is 48.5 Å². The topological polar surface area (TPSA) is 104 Å². The lowest BCUT2D eigenvalue weighted by Gasteiger charge is -2.33. The Morgan fingerprint density at radius 2 is 1.67 bits per heavy atom. The molecule has 0 aliphatic rings. The second kappa shape index (κ2) is 12.9. The van der Waals surface area contributed by atoms with Crippen molar-refractivity contribution in [2.45, 2.75) is 59.2 Å². The molecule has 0 saturated heterocycles. The summed E-state index contributed by atoms with van der Waals surface area (Å²) in [5.74, 6) is -1.08. The second-order valence-electron chi connectivity index (χ2n) is 8.77. The van der Waals surface area contributed by atoms with E-state index in [0.29, 0.717) is 17.0 Å². The van der Waals surface area contributed by atoms with Crippen molar-refractivity contribution in [1.82, 2.24) is 10.2 Å². The van der Waals surface area contributed by atoms with E-state index in [0.717, 1.165) is 22.5 Å². The van der Waals surface area contributed by atoms with Gasteiger partial charge >= 0.3 is 0 Å². The van der Waals surface area contributed by atoms with Crippen LogP contribution in [-0.2, 0) is 26.2 Å². The molecule has 1 N–H and O–H groups in total. The molecule has 196 valence electrons. The van der Waals surface area contributed by atoms with Gasteiger partial charge in [-0.1, -0.05) is 49.7 Å². The van der Waals surface area contributed by atoms with Gasteiger partial charge in [0.2, 0.25) is 21.8 Å².